The maximum atomic E-state index is 11.0. The average molecular weight is 563 g/mol. The van der Waals surface area contributed by atoms with E-state index in [0.717, 1.165) is 6.42 Å². The number of allylic oxidation sites excluding steroid dienone is 2. The third-order valence-corrected chi connectivity index (χ3v) is 14.7. The van der Waals surface area contributed by atoms with Gasteiger partial charge in [0.05, 0.1) is 25.4 Å². The van der Waals surface area contributed by atoms with Gasteiger partial charge in [-0.3, -0.25) is 0 Å². The quantitative estimate of drug-likeness (QED) is 0.364. The third-order valence-electron chi connectivity index (χ3n) is 14.7. The molecule has 10 atom stereocenters. The van der Waals surface area contributed by atoms with Crippen molar-refractivity contribution in [1.29, 1.82) is 0 Å². The van der Waals surface area contributed by atoms with E-state index in [9.17, 15) is 5.11 Å². The van der Waals surface area contributed by atoms with Gasteiger partial charge in [-0.15, -0.1) is 0 Å². The molecule has 0 spiro atoms. The molecule has 0 bridgehead atoms. The highest BCUT2D eigenvalue weighted by molar-refractivity contribution is 5.34. The molecule has 0 aliphatic heterocycles. The van der Waals surface area contributed by atoms with Crippen LogP contribution in [0, 0.1) is 50.2 Å². The van der Waals surface area contributed by atoms with Crippen LogP contribution in [0.5, 0.6) is 0 Å². The van der Waals surface area contributed by atoms with Gasteiger partial charge >= 0.3 is 0 Å². The fourth-order valence-corrected chi connectivity index (χ4v) is 12.1. The number of fused-ring (bicyclic) bond motifs is 7. The number of hydrogen-bond acceptors (Lipinski definition) is 3. The Morgan fingerprint density at radius 3 is 2.22 bits per heavy atom. The Morgan fingerprint density at radius 2 is 1.54 bits per heavy atom. The van der Waals surface area contributed by atoms with Crippen molar-refractivity contribution in [3.8, 4) is 0 Å². The van der Waals surface area contributed by atoms with E-state index in [-0.39, 0.29) is 39.8 Å². The van der Waals surface area contributed by atoms with Crippen molar-refractivity contribution in [2.75, 3.05) is 13.7 Å². The molecule has 0 amide bonds. The summed E-state index contributed by atoms with van der Waals surface area (Å²) in [6.07, 6.45) is 14.1. The molecule has 3 nitrogen and oxygen atoms in total. The fourth-order valence-electron chi connectivity index (χ4n) is 12.1. The van der Waals surface area contributed by atoms with Gasteiger partial charge in [-0.1, -0.05) is 90.4 Å². The lowest BCUT2D eigenvalue weighted by Crippen LogP contribution is -2.66. The minimum absolute atomic E-state index is 0.103. The van der Waals surface area contributed by atoms with Gasteiger partial charge in [0, 0.05) is 17.9 Å². The van der Waals surface area contributed by atoms with E-state index in [4.69, 9.17) is 9.47 Å². The molecule has 3 heteroatoms. The van der Waals surface area contributed by atoms with E-state index >= 15 is 0 Å². The minimum Gasteiger partial charge on any atom is -0.396 e. The second-order valence-electron chi connectivity index (χ2n) is 17.1. The second kappa shape index (κ2) is 9.93. The van der Waals surface area contributed by atoms with Crippen LogP contribution in [0.4, 0.5) is 0 Å². The molecule has 2 unspecified atom stereocenters. The van der Waals surface area contributed by atoms with Crippen molar-refractivity contribution < 1.29 is 14.6 Å². The van der Waals surface area contributed by atoms with Crippen molar-refractivity contribution in [3.63, 3.8) is 0 Å². The number of aliphatic hydroxyl groups excluding tert-OH is 1. The molecule has 1 aromatic carbocycles. The Bertz CT molecular complexity index is 1160. The zero-order valence-corrected chi connectivity index (χ0v) is 27.4. The number of methoxy groups -OCH3 is 1. The largest absolute Gasteiger partial charge is 0.396 e. The molecule has 5 aliphatic rings. The summed E-state index contributed by atoms with van der Waals surface area (Å²) in [7, 11) is 1.95. The van der Waals surface area contributed by atoms with Crippen molar-refractivity contribution in [3.05, 3.63) is 47.5 Å². The summed E-state index contributed by atoms with van der Waals surface area (Å²) in [6.45, 7) is 18.6. The van der Waals surface area contributed by atoms with Crippen LogP contribution in [0.3, 0.4) is 0 Å². The molecule has 0 aromatic heterocycles. The summed E-state index contributed by atoms with van der Waals surface area (Å²) in [5, 5.41) is 11.0. The number of hydrogen-bond donors (Lipinski definition) is 1. The highest BCUT2D eigenvalue weighted by atomic mass is 16.5. The molecular formula is C38H58O3. The summed E-state index contributed by atoms with van der Waals surface area (Å²) in [5.41, 5.74) is 4.07. The Labute approximate surface area is 250 Å². The highest BCUT2D eigenvalue weighted by Gasteiger charge is 2.69. The van der Waals surface area contributed by atoms with Crippen molar-refractivity contribution in [1.82, 2.24) is 0 Å². The Morgan fingerprint density at radius 1 is 0.805 bits per heavy atom. The smallest absolute Gasteiger partial charge is 0.0720 e. The summed E-state index contributed by atoms with van der Waals surface area (Å²) in [5.74, 6) is 1.73. The number of rotatable bonds is 5. The lowest BCUT2D eigenvalue weighted by molar-refractivity contribution is -0.228. The lowest BCUT2D eigenvalue weighted by Gasteiger charge is -2.72. The summed E-state index contributed by atoms with van der Waals surface area (Å²) in [6, 6.07) is 10.5. The van der Waals surface area contributed by atoms with Gasteiger partial charge in [-0.25, -0.2) is 0 Å². The first-order chi connectivity index (χ1) is 19.3. The van der Waals surface area contributed by atoms with Gasteiger partial charge in [0.2, 0.25) is 0 Å². The first kappa shape index (κ1) is 29.9. The molecule has 1 aromatic rings. The zero-order valence-electron chi connectivity index (χ0n) is 27.4. The van der Waals surface area contributed by atoms with Gasteiger partial charge in [0.1, 0.15) is 0 Å². The van der Waals surface area contributed by atoms with Crippen molar-refractivity contribution in [2.45, 2.75) is 125 Å². The highest BCUT2D eigenvalue weighted by Crippen LogP contribution is 2.75. The van der Waals surface area contributed by atoms with Crippen LogP contribution in [0.25, 0.3) is 0 Å². The van der Waals surface area contributed by atoms with E-state index < -0.39 is 0 Å². The molecule has 41 heavy (non-hydrogen) atoms. The number of aliphatic hydroxyl groups is 1. The molecule has 0 saturated heterocycles. The molecule has 5 aliphatic carbocycles. The maximum Gasteiger partial charge on any atom is 0.0720 e. The molecule has 4 saturated carbocycles. The maximum absolute atomic E-state index is 11.0. The molecule has 0 radical (unpaired) electrons. The predicted octanol–water partition coefficient (Wildman–Crippen LogP) is 8.99. The van der Waals surface area contributed by atoms with Crippen molar-refractivity contribution >= 4 is 0 Å². The van der Waals surface area contributed by atoms with Crippen LogP contribution in [-0.4, -0.2) is 31.0 Å². The Hall–Kier alpha value is -1.16. The molecular weight excluding hydrogens is 504 g/mol. The minimum atomic E-state index is -0.210. The van der Waals surface area contributed by atoms with E-state index in [2.05, 4.69) is 84.9 Å². The lowest BCUT2D eigenvalue weighted by atomic mass is 9.33. The van der Waals surface area contributed by atoms with Gasteiger partial charge in [0.25, 0.3) is 0 Å². The van der Waals surface area contributed by atoms with Crippen LogP contribution >= 0.6 is 0 Å². The molecule has 6 rings (SSSR count). The number of benzene rings is 1. The molecule has 228 valence electrons. The van der Waals surface area contributed by atoms with Gasteiger partial charge in [0.15, 0.2) is 0 Å². The van der Waals surface area contributed by atoms with Crippen molar-refractivity contribution in [2.24, 2.45) is 50.2 Å². The van der Waals surface area contributed by atoms with Crippen LogP contribution in [0.2, 0.25) is 0 Å². The average Bonchev–Trinajstić information content (AvgIpc) is 2.94. The summed E-state index contributed by atoms with van der Waals surface area (Å²) in [4.78, 5) is 0. The van der Waals surface area contributed by atoms with E-state index in [1.165, 1.54) is 56.9 Å². The fraction of sp³-hybridized carbons (Fsp3) is 0.789. The third kappa shape index (κ3) is 4.21. The van der Waals surface area contributed by atoms with Crippen LogP contribution in [-0.2, 0) is 16.1 Å². The molecule has 0 heterocycles. The second-order valence-corrected chi connectivity index (χ2v) is 17.1. The molecule has 1 N–H and O–H groups in total. The summed E-state index contributed by atoms with van der Waals surface area (Å²) < 4.78 is 12.9. The monoisotopic (exact) mass is 562 g/mol. The topological polar surface area (TPSA) is 38.7 Å². The van der Waals surface area contributed by atoms with E-state index in [1.54, 1.807) is 5.57 Å². The van der Waals surface area contributed by atoms with Gasteiger partial charge < -0.3 is 14.6 Å². The molecule has 4 fully saturated rings. The SMILES string of the molecule is CO[C@@H]1CC(C)(C)C[C@@H]2C3=CC[C@@H]4[C@@]5(C)CC[C@H](OCc6ccccc6)C(C)(CO)C5CC[C@@]4(C)[C@]3(C)CC[C@]21C. The van der Waals surface area contributed by atoms with Crippen LogP contribution in [0.15, 0.2) is 42.0 Å². The zero-order chi connectivity index (χ0) is 29.5. The summed E-state index contributed by atoms with van der Waals surface area (Å²) >= 11 is 0. The Kier molecular flexibility index (Phi) is 7.24. The van der Waals surface area contributed by atoms with Crippen LogP contribution < -0.4 is 0 Å². The normalized spacial score (nSPS) is 48.7. The standard InChI is InChI=1S/C38H58O3/c1-33(2)22-28-27-14-15-30-35(4)18-17-31(41-24-26-12-10-9-11-13-26)36(5,25-39)29(35)16-19-38(30,7)37(27,6)21-20-34(28,3)32(23-33)40-8/h9-14,28-32,39H,15-25H2,1-8H3/t28-,29?,30-,31+,32-,34-,35+,36?,37-,38-/m1/s1. The predicted molar refractivity (Wildman–Crippen MR) is 167 cm³/mol. The van der Waals surface area contributed by atoms with E-state index in [0.29, 0.717) is 35.9 Å². The van der Waals surface area contributed by atoms with Gasteiger partial charge in [-0.05, 0) is 103 Å². The first-order valence-corrected chi connectivity index (χ1v) is 16.8. The van der Waals surface area contributed by atoms with Crippen LogP contribution in [0.1, 0.15) is 112 Å². The Balaban J connectivity index is 1.32. The van der Waals surface area contributed by atoms with E-state index in [1.807, 2.05) is 7.11 Å². The van der Waals surface area contributed by atoms with Gasteiger partial charge in [-0.2, -0.15) is 0 Å². The first-order valence-electron chi connectivity index (χ1n) is 16.8. The number of ether oxygens (including phenoxy) is 2.